The Labute approximate surface area is 137 Å². The molecule has 5 heteroatoms. The first kappa shape index (κ1) is 14.8. The van der Waals surface area contributed by atoms with Crippen molar-refractivity contribution in [2.75, 3.05) is 0 Å². The van der Waals surface area contributed by atoms with Gasteiger partial charge in [-0.2, -0.15) is 0 Å². The van der Waals surface area contributed by atoms with Crippen molar-refractivity contribution in [3.05, 3.63) is 63.7 Å². The van der Waals surface area contributed by atoms with Crippen molar-refractivity contribution >= 4 is 17.3 Å². The van der Waals surface area contributed by atoms with Crippen molar-refractivity contribution < 1.29 is 24.6 Å². The summed E-state index contributed by atoms with van der Waals surface area (Å²) in [5, 5.41) is 20.3. The Hall–Kier alpha value is -2.79. The summed E-state index contributed by atoms with van der Waals surface area (Å²) >= 11 is 0. The van der Waals surface area contributed by atoms with Gasteiger partial charge in [0, 0.05) is 28.7 Å². The van der Waals surface area contributed by atoms with E-state index in [0.29, 0.717) is 5.56 Å². The number of rotatable bonds is 0. The van der Waals surface area contributed by atoms with Crippen LogP contribution in [0.5, 0.6) is 5.75 Å². The molecule has 2 aliphatic carbocycles. The molecule has 2 N–H and O–H groups in total. The van der Waals surface area contributed by atoms with E-state index in [1.165, 1.54) is 30.3 Å². The molecule has 0 spiro atoms. The normalized spacial score (nSPS) is 22.0. The zero-order valence-electron chi connectivity index (χ0n) is 12.9. The monoisotopic (exact) mass is 322 g/mol. The quantitative estimate of drug-likeness (QED) is 0.663. The highest BCUT2D eigenvalue weighted by atomic mass is 16.3. The lowest BCUT2D eigenvalue weighted by Crippen LogP contribution is -2.30. The molecule has 120 valence electrons. The van der Waals surface area contributed by atoms with Crippen molar-refractivity contribution in [2.45, 2.75) is 19.4 Å². The van der Waals surface area contributed by atoms with E-state index in [0.717, 1.165) is 0 Å². The maximum absolute atomic E-state index is 12.9. The first-order valence-corrected chi connectivity index (χ1v) is 7.71. The predicted octanol–water partition coefficient (Wildman–Crippen LogP) is 2.42. The van der Waals surface area contributed by atoms with Crippen LogP contribution in [0.25, 0.3) is 0 Å². The van der Waals surface area contributed by atoms with Gasteiger partial charge in [-0.1, -0.05) is 25.1 Å². The molecule has 0 unspecified atom stereocenters. The second-order valence-corrected chi connectivity index (χ2v) is 6.36. The minimum absolute atomic E-state index is 0.0351. The largest absolute Gasteiger partial charge is 0.507 e. The average Bonchev–Trinajstić information content (AvgIpc) is 2.56. The van der Waals surface area contributed by atoms with Crippen LogP contribution in [-0.2, 0) is 0 Å². The maximum Gasteiger partial charge on any atom is 0.198 e. The predicted molar refractivity (Wildman–Crippen MR) is 84.5 cm³/mol. The van der Waals surface area contributed by atoms with Crippen molar-refractivity contribution in [3.63, 3.8) is 0 Å². The molecule has 24 heavy (non-hydrogen) atoms. The number of phenolic OH excluding ortho intramolecular Hbond substituents is 1. The molecule has 5 nitrogen and oxygen atoms in total. The Morgan fingerprint density at radius 3 is 2.33 bits per heavy atom. The Bertz CT molecular complexity index is 941. The summed E-state index contributed by atoms with van der Waals surface area (Å²) in [6.45, 7) is 1.77. The Morgan fingerprint density at radius 1 is 0.917 bits per heavy atom. The summed E-state index contributed by atoms with van der Waals surface area (Å²) in [6.07, 6.45) is -0.726. The number of benzene rings is 2. The summed E-state index contributed by atoms with van der Waals surface area (Å²) in [5.74, 6) is -1.70. The van der Waals surface area contributed by atoms with E-state index in [1.54, 1.807) is 6.92 Å². The molecule has 0 aromatic heterocycles. The second-order valence-electron chi connectivity index (χ2n) is 6.36. The fraction of sp³-hybridized carbons (Fsp3) is 0.211. The number of phenols is 1. The van der Waals surface area contributed by atoms with Crippen molar-refractivity contribution in [3.8, 4) is 5.75 Å². The van der Waals surface area contributed by atoms with Crippen LogP contribution in [0.1, 0.15) is 67.2 Å². The van der Waals surface area contributed by atoms with Crippen molar-refractivity contribution in [2.24, 2.45) is 5.92 Å². The summed E-state index contributed by atoms with van der Waals surface area (Å²) in [6, 6.07) is 7.29. The van der Waals surface area contributed by atoms with Crippen LogP contribution < -0.4 is 0 Å². The van der Waals surface area contributed by atoms with E-state index < -0.39 is 17.7 Å². The highest BCUT2D eigenvalue weighted by Crippen LogP contribution is 2.41. The highest BCUT2D eigenvalue weighted by molar-refractivity contribution is 6.32. The number of ketones is 3. The van der Waals surface area contributed by atoms with Gasteiger partial charge in [-0.25, -0.2) is 0 Å². The van der Waals surface area contributed by atoms with E-state index >= 15 is 0 Å². The van der Waals surface area contributed by atoms with Gasteiger partial charge in [0.1, 0.15) is 5.75 Å². The maximum atomic E-state index is 12.9. The van der Waals surface area contributed by atoms with Crippen LogP contribution >= 0.6 is 0 Å². The van der Waals surface area contributed by atoms with E-state index in [-0.39, 0.29) is 51.7 Å². The number of aliphatic hydroxyl groups is 1. The van der Waals surface area contributed by atoms with Gasteiger partial charge in [-0.3, -0.25) is 14.4 Å². The van der Waals surface area contributed by atoms with Gasteiger partial charge in [0.25, 0.3) is 0 Å². The number of hydrogen-bond donors (Lipinski definition) is 2. The Kier molecular flexibility index (Phi) is 2.99. The van der Waals surface area contributed by atoms with Gasteiger partial charge in [-0.05, 0) is 23.6 Å². The zero-order chi connectivity index (χ0) is 17.2. The third-order valence-electron chi connectivity index (χ3n) is 4.87. The number of carbonyl (C=O) groups is 3. The molecule has 0 aliphatic heterocycles. The second kappa shape index (κ2) is 4.85. The van der Waals surface area contributed by atoms with Gasteiger partial charge in [-0.15, -0.1) is 0 Å². The van der Waals surface area contributed by atoms with Gasteiger partial charge < -0.3 is 10.2 Å². The Morgan fingerprint density at radius 2 is 1.58 bits per heavy atom. The number of aliphatic hydroxyl groups excluding tert-OH is 1. The first-order valence-electron chi connectivity index (χ1n) is 7.71. The summed E-state index contributed by atoms with van der Waals surface area (Å²) in [7, 11) is 0. The van der Waals surface area contributed by atoms with E-state index in [1.807, 2.05) is 0 Å². The molecule has 0 saturated heterocycles. The standard InChI is InChI=1S/C19H14O5/c1-8-7-13(21)14-10(17(8)22)5-6-11-16(14)19(24)9-3-2-4-12(20)15(9)18(11)23/h2-6,8,17,20,22H,7H2,1H3/t8-,17-/m0/s1. The topological polar surface area (TPSA) is 91.7 Å². The van der Waals surface area contributed by atoms with Crippen LogP contribution in [0, 0.1) is 5.92 Å². The third kappa shape index (κ3) is 1.76. The SMILES string of the molecule is C[C@H]1CC(=O)c2c(ccc3c2C(=O)c2cccc(O)c2C3=O)[C@H]1O. The molecule has 4 rings (SSSR count). The lowest BCUT2D eigenvalue weighted by Gasteiger charge is -2.30. The van der Waals surface area contributed by atoms with E-state index in [4.69, 9.17) is 0 Å². The van der Waals surface area contributed by atoms with Gasteiger partial charge in [0.2, 0.25) is 0 Å². The number of aromatic hydroxyl groups is 1. The highest BCUT2D eigenvalue weighted by Gasteiger charge is 2.39. The van der Waals surface area contributed by atoms with Crippen LogP contribution in [0.4, 0.5) is 0 Å². The number of fused-ring (bicyclic) bond motifs is 4. The van der Waals surface area contributed by atoms with Crippen molar-refractivity contribution in [1.29, 1.82) is 0 Å². The lowest BCUT2D eigenvalue weighted by atomic mass is 9.73. The molecule has 0 fully saturated rings. The molecule has 2 atom stereocenters. The Balaban J connectivity index is 2.05. The molecule has 2 aromatic rings. The fourth-order valence-electron chi connectivity index (χ4n) is 3.64. The zero-order valence-corrected chi connectivity index (χ0v) is 12.9. The molecule has 0 bridgehead atoms. The van der Waals surface area contributed by atoms with Crippen LogP contribution in [0.15, 0.2) is 30.3 Å². The molecular formula is C19H14O5. The number of Topliss-reactive ketones (excluding diaryl/α,β-unsaturated/α-hetero) is 1. The van der Waals surface area contributed by atoms with Gasteiger partial charge >= 0.3 is 0 Å². The van der Waals surface area contributed by atoms with Crippen LogP contribution in [0.3, 0.4) is 0 Å². The molecule has 0 amide bonds. The van der Waals surface area contributed by atoms with Crippen LogP contribution in [-0.4, -0.2) is 27.6 Å². The first-order chi connectivity index (χ1) is 11.4. The molecule has 0 saturated carbocycles. The van der Waals surface area contributed by atoms with Crippen LogP contribution in [0.2, 0.25) is 0 Å². The number of carbonyl (C=O) groups excluding carboxylic acids is 3. The average molecular weight is 322 g/mol. The summed E-state index contributed by atoms with van der Waals surface area (Å²) in [5.41, 5.74) is 0.732. The third-order valence-corrected chi connectivity index (χ3v) is 4.87. The molecular weight excluding hydrogens is 308 g/mol. The molecule has 2 aromatic carbocycles. The fourth-order valence-corrected chi connectivity index (χ4v) is 3.64. The molecule has 0 radical (unpaired) electrons. The van der Waals surface area contributed by atoms with Gasteiger partial charge in [0.05, 0.1) is 11.7 Å². The van der Waals surface area contributed by atoms with E-state index in [9.17, 15) is 24.6 Å². The van der Waals surface area contributed by atoms with E-state index in [2.05, 4.69) is 0 Å². The lowest BCUT2D eigenvalue weighted by molar-refractivity contribution is 0.0745. The minimum atomic E-state index is -0.850. The minimum Gasteiger partial charge on any atom is -0.507 e. The summed E-state index contributed by atoms with van der Waals surface area (Å²) < 4.78 is 0. The number of hydrogen-bond acceptors (Lipinski definition) is 5. The summed E-state index contributed by atoms with van der Waals surface area (Å²) in [4.78, 5) is 38.2. The smallest absolute Gasteiger partial charge is 0.198 e. The molecule has 2 aliphatic rings. The molecule has 0 heterocycles. The van der Waals surface area contributed by atoms with Gasteiger partial charge in [0.15, 0.2) is 17.3 Å². The van der Waals surface area contributed by atoms with Crippen molar-refractivity contribution in [1.82, 2.24) is 0 Å².